The zero-order chi connectivity index (χ0) is 28.3. The van der Waals surface area contributed by atoms with E-state index in [0.29, 0.717) is 22.9 Å². The Hall–Kier alpha value is -3.77. The Morgan fingerprint density at radius 3 is 2.00 bits per heavy atom. The number of methoxy groups -OCH3 is 2. The summed E-state index contributed by atoms with van der Waals surface area (Å²) in [5.74, 6) is 0.176. The maximum absolute atomic E-state index is 13.0. The lowest BCUT2D eigenvalue weighted by Gasteiger charge is -2.28. The molecule has 3 aromatic carbocycles. The number of sulfonamides is 2. The highest BCUT2D eigenvalue weighted by atomic mass is 32.2. The molecule has 0 unspecified atom stereocenters. The molecule has 3 aromatic rings. The first-order chi connectivity index (χ1) is 17.7. The lowest BCUT2D eigenvalue weighted by molar-refractivity contribution is -0.116. The van der Waals surface area contributed by atoms with Crippen LogP contribution in [0.3, 0.4) is 0 Å². The van der Waals surface area contributed by atoms with Crippen LogP contribution in [-0.4, -0.2) is 49.3 Å². The SMILES string of the molecule is COc1ccc(OC)c(NS(=O)(=O)c2ccc(NC(=O)[C@H](C)N(c3cc(C)cc(C)c3)S(C)(=O)=O)cc2)c1. The van der Waals surface area contributed by atoms with E-state index >= 15 is 0 Å². The summed E-state index contributed by atoms with van der Waals surface area (Å²) in [4.78, 5) is 13.0. The Kier molecular flexibility index (Phi) is 8.58. The van der Waals surface area contributed by atoms with Crippen LogP contribution in [0, 0.1) is 13.8 Å². The van der Waals surface area contributed by atoms with E-state index in [2.05, 4.69) is 10.0 Å². The van der Waals surface area contributed by atoms with Gasteiger partial charge in [-0.2, -0.15) is 0 Å². The molecule has 0 aliphatic carbocycles. The Balaban J connectivity index is 1.80. The maximum Gasteiger partial charge on any atom is 0.262 e. The molecular weight excluding hydrogens is 530 g/mol. The van der Waals surface area contributed by atoms with Crippen LogP contribution in [0.2, 0.25) is 0 Å². The van der Waals surface area contributed by atoms with Gasteiger partial charge in [-0.15, -0.1) is 0 Å². The molecule has 3 rings (SSSR count). The number of rotatable bonds is 10. The Labute approximate surface area is 223 Å². The lowest BCUT2D eigenvalue weighted by Crippen LogP contribution is -2.45. The maximum atomic E-state index is 13.0. The van der Waals surface area contributed by atoms with Crippen molar-refractivity contribution in [2.45, 2.75) is 31.7 Å². The molecule has 10 nitrogen and oxygen atoms in total. The Morgan fingerprint density at radius 2 is 1.47 bits per heavy atom. The average molecular weight is 562 g/mol. The van der Waals surface area contributed by atoms with Gasteiger partial charge in [0.05, 0.1) is 36.7 Å². The molecule has 0 spiro atoms. The molecule has 0 heterocycles. The van der Waals surface area contributed by atoms with E-state index in [-0.39, 0.29) is 10.6 Å². The van der Waals surface area contributed by atoms with E-state index in [1.54, 1.807) is 24.3 Å². The van der Waals surface area contributed by atoms with Crippen LogP contribution in [0.4, 0.5) is 17.1 Å². The largest absolute Gasteiger partial charge is 0.497 e. The van der Waals surface area contributed by atoms with Crippen LogP contribution in [0.15, 0.2) is 65.6 Å². The molecule has 1 amide bonds. The molecule has 0 aliphatic rings. The van der Waals surface area contributed by atoms with E-state index in [1.165, 1.54) is 51.5 Å². The molecule has 0 saturated carbocycles. The fourth-order valence-corrected chi connectivity index (χ4v) is 6.17. The van der Waals surface area contributed by atoms with E-state index in [1.807, 2.05) is 19.9 Å². The summed E-state index contributed by atoms with van der Waals surface area (Å²) in [6.07, 6.45) is 1.04. The third-order valence-electron chi connectivity index (χ3n) is 5.63. The van der Waals surface area contributed by atoms with Crippen molar-refractivity contribution in [3.8, 4) is 11.5 Å². The van der Waals surface area contributed by atoms with Gasteiger partial charge in [0, 0.05) is 11.8 Å². The zero-order valence-corrected chi connectivity index (χ0v) is 23.6. The molecule has 12 heteroatoms. The van der Waals surface area contributed by atoms with Gasteiger partial charge >= 0.3 is 0 Å². The molecule has 0 aromatic heterocycles. The van der Waals surface area contributed by atoms with E-state index in [4.69, 9.17) is 9.47 Å². The summed E-state index contributed by atoms with van der Waals surface area (Å²) in [7, 11) is -4.90. The highest BCUT2D eigenvalue weighted by molar-refractivity contribution is 7.92. The second kappa shape index (κ2) is 11.3. The van der Waals surface area contributed by atoms with Crippen molar-refractivity contribution in [1.29, 1.82) is 0 Å². The fraction of sp³-hybridized carbons (Fsp3) is 0.269. The van der Waals surface area contributed by atoms with Gasteiger partial charge in [0.2, 0.25) is 15.9 Å². The number of benzene rings is 3. The molecular formula is C26H31N3O7S2. The van der Waals surface area contributed by atoms with E-state index in [0.717, 1.165) is 21.7 Å². The van der Waals surface area contributed by atoms with Gasteiger partial charge < -0.3 is 14.8 Å². The molecule has 0 saturated heterocycles. The van der Waals surface area contributed by atoms with Crippen molar-refractivity contribution in [1.82, 2.24) is 0 Å². The number of nitrogens with one attached hydrogen (secondary N) is 2. The molecule has 0 fully saturated rings. The van der Waals surface area contributed by atoms with Crippen molar-refractivity contribution in [2.24, 2.45) is 0 Å². The molecule has 204 valence electrons. The second-order valence-electron chi connectivity index (χ2n) is 8.77. The number of anilines is 3. The lowest BCUT2D eigenvalue weighted by atomic mass is 10.1. The number of hydrogen-bond acceptors (Lipinski definition) is 7. The fourth-order valence-electron chi connectivity index (χ4n) is 3.95. The van der Waals surface area contributed by atoms with Gasteiger partial charge in [-0.25, -0.2) is 16.8 Å². The summed E-state index contributed by atoms with van der Waals surface area (Å²) in [6, 6.07) is 14.4. The van der Waals surface area contributed by atoms with Gasteiger partial charge in [0.1, 0.15) is 17.5 Å². The minimum atomic E-state index is -4.00. The molecule has 0 aliphatic heterocycles. The second-order valence-corrected chi connectivity index (χ2v) is 12.3. The summed E-state index contributed by atoms with van der Waals surface area (Å²) in [6.45, 7) is 5.17. The van der Waals surface area contributed by atoms with Crippen LogP contribution < -0.4 is 23.8 Å². The molecule has 0 radical (unpaired) electrons. The zero-order valence-electron chi connectivity index (χ0n) is 22.0. The minimum absolute atomic E-state index is 0.0542. The van der Waals surface area contributed by atoms with Crippen LogP contribution >= 0.6 is 0 Å². The van der Waals surface area contributed by atoms with Crippen LogP contribution in [0.25, 0.3) is 0 Å². The summed E-state index contributed by atoms with van der Waals surface area (Å²) < 4.78 is 65.0. The van der Waals surface area contributed by atoms with Gasteiger partial charge in [0.25, 0.3) is 10.0 Å². The van der Waals surface area contributed by atoms with Crippen molar-refractivity contribution < 1.29 is 31.1 Å². The predicted molar refractivity (Wildman–Crippen MR) is 148 cm³/mol. The van der Waals surface area contributed by atoms with Gasteiger partial charge in [-0.1, -0.05) is 6.07 Å². The summed E-state index contributed by atoms with van der Waals surface area (Å²) >= 11 is 0. The first kappa shape index (κ1) is 28.8. The van der Waals surface area contributed by atoms with Crippen LogP contribution in [-0.2, 0) is 24.8 Å². The van der Waals surface area contributed by atoms with Crippen LogP contribution in [0.1, 0.15) is 18.1 Å². The molecule has 2 N–H and O–H groups in total. The van der Waals surface area contributed by atoms with Crippen molar-refractivity contribution in [3.05, 3.63) is 71.8 Å². The number of hydrogen-bond donors (Lipinski definition) is 2. The van der Waals surface area contributed by atoms with Crippen molar-refractivity contribution >= 4 is 43.0 Å². The topological polar surface area (TPSA) is 131 Å². The number of amides is 1. The molecule has 0 bridgehead atoms. The number of carbonyl (C=O) groups is 1. The standard InChI is InChI=1S/C26H31N3O7S2/c1-17-13-18(2)15-21(14-17)29(37(6,31)32)19(3)26(30)27-20-7-10-23(11-8-20)38(33,34)28-24-16-22(35-4)9-12-25(24)36-5/h7-16,19,28H,1-6H3,(H,27,30)/t19-/m0/s1. The number of aryl methyl sites for hydroxylation is 2. The van der Waals surface area contributed by atoms with Gasteiger partial charge in [-0.3, -0.25) is 13.8 Å². The number of nitrogens with zero attached hydrogens (tertiary/aromatic N) is 1. The van der Waals surface area contributed by atoms with Gasteiger partial charge in [-0.05, 0) is 80.4 Å². The Morgan fingerprint density at radius 1 is 0.868 bits per heavy atom. The van der Waals surface area contributed by atoms with Crippen molar-refractivity contribution in [2.75, 3.05) is 34.8 Å². The summed E-state index contributed by atoms with van der Waals surface area (Å²) in [5.41, 5.74) is 2.60. The highest BCUT2D eigenvalue weighted by Gasteiger charge is 2.29. The molecule has 38 heavy (non-hydrogen) atoms. The quantitative estimate of drug-likeness (QED) is 0.384. The summed E-state index contributed by atoms with van der Waals surface area (Å²) in [5, 5.41) is 2.66. The minimum Gasteiger partial charge on any atom is -0.497 e. The first-order valence-electron chi connectivity index (χ1n) is 11.5. The number of ether oxygens (including phenoxy) is 2. The highest BCUT2D eigenvalue weighted by Crippen LogP contribution is 2.31. The normalized spacial score (nSPS) is 12.4. The number of carbonyl (C=O) groups excluding carboxylic acids is 1. The Bertz CT molecular complexity index is 1520. The smallest absolute Gasteiger partial charge is 0.262 e. The third kappa shape index (κ3) is 6.75. The molecule has 1 atom stereocenters. The average Bonchev–Trinajstić information content (AvgIpc) is 2.82. The van der Waals surface area contributed by atoms with E-state index in [9.17, 15) is 21.6 Å². The monoisotopic (exact) mass is 561 g/mol. The van der Waals surface area contributed by atoms with E-state index < -0.39 is 32.0 Å². The van der Waals surface area contributed by atoms with Crippen LogP contribution in [0.5, 0.6) is 11.5 Å². The van der Waals surface area contributed by atoms with Gasteiger partial charge in [0.15, 0.2) is 0 Å². The van der Waals surface area contributed by atoms with Crippen molar-refractivity contribution in [3.63, 3.8) is 0 Å². The third-order valence-corrected chi connectivity index (χ3v) is 8.26. The predicted octanol–water partition coefficient (Wildman–Crippen LogP) is 3.91. The first-order valence-corrected chi connectivity index (χ1v) is 14.8.